The van der Waals surface area contributed by atoms with Crippen LogP contribution in [0.15, 0.2) is 46.9 Å². The highest BCUT2D eigenvalue weighted by atomic mass is 79.9. The molecule has 2 aromatic carbocycles. The summed E-state index contributed by atoms with van der Waals surface area (Å²) in [5, 5.41) is 3.04. The predicted octanol–water partition coefficient (Wildman–Crippen LogP) is 4.67. The quantitative estimate of drug-likeness (QED) is 0.678. The maximum atomic E-state index is 12.4. The number of carbonyl (C=O) groups excluding carboxylic acids is 1. The fourth-order valence-electron chi connectivity index (χ4n) is 3.04. The molecule has 26 heavy (non-hydrogen) atoms. The Labute approximate surface area is 163 Å². The Hall–Kier alpha value is -2.01. The minimum Gasteiger partial charge on any atom is -0.493 e. The van der Waals surface area contributed by atoms with Gasteiger partial charge in [-0.3, -0.25) is 4.79 Å². The van der Waals surface area contributed by atoms with Crippen molar-refractivity contribution in [3.05, 3.63) is 58.1 Å². The number of amides is 1. The zero-order chi connectivity index (χ0) is 18.5. The molecule has 2 unspecified atom stereocenters. The molecular formula is C21H24BrNO3. The SMILES string of the molecule is CCCOc1ccc(CNC(=O)C2CC2c2ccc(Br)cc2)cc1OC. The number of hydrogen-bond acceptors (Lipinski definition) is 3. The first-order valence-electron chi connectivity index (χ1n) is 8.95. The van der Waals surface area contributed by atoms with Crippen molar-refractivity contribution >= 4 is 21.8 Å². The van der Waals surface area contributed by atoms with Crippen LogP contribution in [0, 0.1) is 5.92 Å². The van der Waals surface area contributed by atoms with Crippen LogP contribution >= 0.6 is 15.9 Å². The van der Waals surface area contributed by atoms with Crippen molar-refractivity contribution in [1.82, 2.24) is 5.32 Å². The highest BCUT2D eigenvalue weighted by Gasteiger charge is 2.43. The molecule has 1 amide bonds. The molecule has 0 radical (unpaired) electrons. The van der Waals surface area contributed by atoms with Gasteiger partial charge in [0.1, 0.15) is 0 Å². The van der Waals surface area contributed by atoms with Crippen molar-refractivity contribution in [3.63, 3.8) is 0 Å². The van der Waals surface area contributed by atoms with Gasteiger partial charge in [-0.05, 0) is 54.2 Å². The Kier molecular flexibility index (Phi) is 6.20. The Balaban J connectivity index is 1.54. The molecule has 2 aromatic rings. The van der Waals surface area contributed by atoms with Crippen molar-refractivity contribution in [2.24, 2.45) is 5.92 Å². The van der Waals surface area contributed by atoms with E-state index in [1.165, 1.54) is 5.56 Å². The van der Waals surface area contributed by atoms with Gasteiger partial charge in [0.25, 0.3) is 0 Å². The van der Waals surface area contributed by atoms with Crippen LogP contribution in [0.4, 0.5) is 0 Å². The molecule has 1 aliphatic carbocycles. The van der Waals surface area contributed by atoms with Gasteiger partial charge < -0.3 is 14.8 Å². The van der Waals surface area contributed by atoms with Crippen molar-refractivity contribution in [3.8, 4) is 11.5 Å². The highest BCUT2D eigenvalue weighted by molar-refractivity contribution is 9.10. The van der Waals surface area contributed by atoms with Gasteiger partial charge >= 0.3 is 0 Å². The van der Waals surface area contributed by atoms with Gasteiger partial charge in [0.15, 0.2) is 11.5 Å². The normalized spacial score (nSPS) is 18.3. The van der Waals surface area contributed by atoms with E-state index in [1.54, 1.807) is 7.11 Å². The molecule has 0 bridgehead atoms. The number of ether oxygens (including phenoxy) is 2. The van der Waals surface area contributed by atoms with Gasteiger partial charge in [0, 0.05) is 16.9 Å². The minimum atomic E-state index is 0.0743. The fourth-order valence-corrected chi connectivity index (χ4v) is 3.30. The average molecular weight is 418 g/mol. The molecule has 138 valence electrons. The zero-order valence-corrected chi connectivity index (χ0v) is 16.7. The van der Waals surface area contributed by atoms with Gasteiger partial charge in [0.2, 0.25) is 5.91 Å². The number of rotatable bonds is 8. The summed E-state index contributed by atoms with van der Waals surface area (Å²) in [6.45, 7) is 3.22. The van der Waals surface area contributed by atoms with E-state index in [0.717, 1.165) is 28.6 Å². The second kappa shape index (κ2) is 8.58. The summed E-state index contributed by atoms with van der Waals surface area (Å²) >= 11 is 3.44. The summed E-state index contributed by atoms with van der Waals surface area (Å²) in [4.78, 5) is 12.4. The number of hydrogen-bond donors (Lipinski definition) is 1. The van der Waals surface area contributed by atoms with Gasteiger partial charge in [-0.25, -0.2) is 0 Å². The molecule has 1 aliphatic rings. The predicted molar refractivity (Wildman–Crippen MR) is 106 cm³/mol. The third-order valence-electron chi connectivity index (χ3n) is 4.58. The standard InChI is InChI=1S/C21H24BrNO3/c1-3-10-26-19-9-4-14(11-20(19)25-2)13-23-21(24)18-12-17(18)15-5-7-16(22)8-6-15/h4-9,11,17-18H,3,10,12-13H2,1-2H3,(H,23,24). The van der Waals surface area contributed by atoms with E-state index in [9.17, 15) is 4.79 Å². The number of nitrogens with one attached hydrogen (secondary N) is 1. The Morgan fingerprint density at radius 2 is 1.96 bits per heavy atom. The lowest BCUT2D eigenvalue weighted by Crippen LogP contribution is -2.24. The van der Waals surface area contributed by atoms with Crippen molar-refractivity contribution in [2.45, 2.75) is 32.2 Å². The molecule has 0 saturated heterocycles. The monoisotopic (exact) mass is 417 g/mol. The van der Waals surface area contributed by atoms with Crippen LogP contribution in [-0.4, -0.2) is 19.6 Å². The Morgan fingerprint density at radius 3 is 2.65 bits per heavy atom. The van der Waals surface area contributed by atoms with Gasteiger partial charge in [-0.1, -0.05) is 41.1 Å². The van der Waals surface area contributed by atoms with Crippen LogP contribution in [0.25, 0.3) is 0 Å². The topological polar surface area (TPSA) is 47.6 Å². The Morgan fingerprint density at radius 1 is 1.19 bits per heavy atom. The van der Waals surface area contributed by atoms with Gasteiger partial charge in [-0.15, -0.1) is 0 Å². The van der Waals surface area contributed by atoms with E-state index < -0.39 is 0 Å². The third-order valence-corrected chi connectivity index (χ3v) is 5.11. The molecule has 0 heterocycles. The molecule has 0 aromatic heterocycles. The first kappa shape index (κ1) is 18.8. The summed E-state index contributed by atoms with van der Waals surface area (Å²) in [5.74, 6) is 1.96. The number of methoxy groups -OCH3 is 1. The zero-order valence-electron chi connectivity index (χ0n) is 15.1. The van der Waals surface area contributed by atoms with Crippen LogP contribution in [-0.2, 0) is 11.3 Å². The molecule has 0 aliphatic heterocycles. The second-order valence-electron chi connectivity index (χ2n) is 6.55. The molecule has 4 nitrogen and oxygen atoms in total. The van der Waals surface area contributed by atoms with Crippen molar-refractivity contribution in [1.29, 1.82) is 0 Å². The minimum absolute atomic E-state index is 0.0743. The van der Waals surface area contributed by atoms with Crippen LogP contribution in [0.3, 0.4) is 0 Å². The molecule has 5 heteroatoms. The first-order valence-corrected chi connectivity index (χ1v) is 9.74. The maximum absolute atomic E-state index is 12.4. The van der Waals surface area contributed by atoms with E-state index in [4.69, 9.17) is 9.47 Å². The van der Waals surface area contributed by atoms with Crippen molar-refractivity contribution in [2.75, 3.05) is 13.7 Å². The van der Waals surface area contributed by atoms with E-state index >= 15 is 0 Å². The second-order valence-corrected chi connectivity index (χ2v) is 7.47. The fraction of sp³-hybridized carbons (Fsp3) is 0.381. The van der Waals surface area contributed by atoms with E-state index in [0.29, 0.717) is 24.8 Å². The molecule has 1 N–H and O–H groups in total. The number of benzene rings is 2. The molecular weight excluding hydrogens is 394 g/mol. The molecule has 3 rings (SSSR count). The number of halogens is 1. The lowest BCUT2D eigenvalue weighted by atomic mass is 10.1. The Bertz CT molecular complexity index is 760. The van der Waals surface area contributed by atoms with Crippen molar-refractivity contribution < 1.29 is 14.3 Å². The molecule has 0 spiro atoms. The third kappa shape index (κ3) is 4.58. The first-order chi connectivity index (χ1) is 12.6. The summed E-state index contributed by atoms with van der Waals surface area (Å²) < 4.78 is 12.1. The van der Waals surface area contributed by atoms with E-state index in [-0.39, 0.29) is 11.8 Å². The smallest absolute Gasteiger partial charge is 0.224 e. The van der Waals surface area contributed by atoms with Gasteiger partial charge in [0.05, 0.1) is 13.7 Å². The average Bonchev–Trinajstić information content (AvgIpc) is 3.46. The lowest BCUT2D eigenvalue weighted by Gasteiger charge is -2.12. The summed E-state index contributed by atoms with van der Waals surface area (Å²) in [6, 6.07) is 14.0. The molecule has 1 saturated carbocycles. The van der Waals surface area contributed by atoms with Crippen LogP contribution < -0.4 is 14.8 Å². The summed E-state index contributed by atoms with van der Waals surface area (Å²) in [5.41, 5.74) is 2.23. The molecule has 1 fully saturated rings. The van der Waals surface area contributed by atoms with Gasteiger partial charge in [-0.2, -0.15) is 0 Å². The highest BCUT2D eigenvalue weighted by Crippen LogP contribution is 2.47. The van der Waals surface area contributed by atoms with Crippen LogP contribution in [0.5, 0.6) is 11.5 Å². The van der Waals surface area contributed by atoms with Crippen LogP contribution in [0.2, 0.25) is 0 Å². The van der Waals surface area contributed by atoms with Crippen LogP contribution in [0.1, 0.15) is 36.8 Å². The van der Waals surface area contributed by atoms with E-state index in [2.05, 4.69) is 40.3 Å². The number of carbonyl (C=O) groups is 1. The lowest BCUT2D eigenvalue weighted by molar-refractivity contribution is -0.122. The molecule has 2 atom stereocenters. The van der Waals surface area contributed by atoms with E-state index in [1.807, 2.05) is 30.3 Å². The largest absolute Gasteiger partial charge is 0.493 e. The maximum Gasteiger partial charge on any atom is 0.224 e. The summed E-state index contributed by atoms with van der Waals surface area (Å²) in [6.07, 6.45) is 1.86. The summed E-state index contributed by atoms with van der Waals surface area (Å²) in [7, 11) is 1.63.